The number of nitrogens with one attached hydrogen (secondary N) is 2. The second kappa shape index (κ2) is 8.99. The quantitative estimate of drug-likeness (QED) is 0.386. The molecule has 10 heteroatoms. The summed E-state index contributed by atoms with van der Waals surface area (Å²) in [7, 11) is 0. The summed E-state index contributed by atoms with van der Waals surface area (Å²) in [4.78, 5) is 42.2. The standard InChI is InChI=1S/C23H22N6O3S/c30-22(28-17-8-7-14-4-3-10-24-21(14)17)18-13-33-20(27-18)9-11-29(23(31)32)12-19-25-15-5-1-2-6-16(15)26-19/h1-6,10,13,17H,7-9,11-12H2,(H,25,26)(H,28,30)(H,31,32). The molecule has 5 rings (SSSR count). The zero-order valence-electron chi connectivity index (χ0n) is 17.7. The molecule has 33 heavy (non-hydrogen) atoms. The lowest BCUT2D eigenvalue weighted by Crippen LogP contribution is -2.31. The molecule has 0 aliphatic heterocycles. The Bertz CT molecular complexity index is 1280. The first kappa shape index (κ1) is 21.1. The number of hydrogen-bond acceptors (Lipinski definition) is 6. The van der Waals surface area contributed by atoms with Crippen molar-refractivity contribution in [3.05, 3.63) is 75.8 Å². The molecule has 3 aromatic heterocycles. The lowest BCUT2D eigenvalue weighted by atomic mass is 10.2. The maximum atomic E-state index is 12.7. The molecule has 1 atom stereocenters. The number of fused-ring (bicyclic) bond motifs is 2. The number of carbonyl (C=O) groups is 2. The summed E-state index contributed by atoms with van der Waals surface area (Å²) in [6.07, 6.45) is 2.84. The van der Waals surface area contributed by atoms with Crippen LogP contribution >= 0.6 is 11.3 Å². The number of rotatable bonds is 7. The molecule has 0 bridgehead atoms. The van der Waals surface area contributed by atoms with Gasteiger partial charge in [-0.1, -0.05) is 18.2 Å². The van der Waals surface area contributed by atoms with E-state index in [0.29, 0.717) is 22.9 Å². The molecule has 0 radical (unpaired) electrons. The predicted octanol–water partition coefficient (Wildman–Crippen LogP) is 3.55. The van der Waals surface area contributed by atoms with Gasteiger partial charge in [0.25, 0.3) is 5.91 Å². The first-order valence-electron chi connectivity index (χ1n) is 10.7. The van der Waals surface area contributed by atoms with Crippen molar-refractivity contribution in [3.63, 3.8) is 0 Å². The molecule has 0 saturated carbocycles. The van der Waals surface area contributed by atoms with Crippen LogP contribution in [0.2, 0.25) is 0 Å². The lowest BCUT2D eigenvalue weighted by Gasteiger charge is -2.17. The van der Waals surface area contributed by atoms with Crippen molar-refractivity contribution < 1.29 is 14.7 Å². The highest BCUT2D eigenvalue weighted by Gasteiger charge is 2.26. The van der Waals surface area contributed by atoms with Crippen LogP contribution in [0.3, 0.4) is 0 Å². The molecule has 1 aliphatic carbocycles. The number of amides is 2. The van der Waals surface area contributed by atoms with Crippen molar-refractivity contribution in [1.82, 2.24) is 30.2 Å². The van der Waals surface area contributed by atoms with E-state index in [0.717, 1.165) is 29.6 Å². The van der Waals surface area contributed by atoms with Crippen molar-refractivity contribution in [1.29, 1.82) is 0 Å². The Kier molecular flexibility index (Phi) is 5.74. The number of aryl methyl sites for hydroxylation is 1. The van der Waals surface area contributed by atoms with Crippen LogP contribution in [0.4, 0.5) is 4.79 Å². The monoisotopic (exact) mass is 462 g/mol. The van der Waals surface area contributed by atoms with E-state index < -0.39 is 6.09 Å². The van der Waals surface area contributed by atoms with Crippen molar-refractivity contribution in [2.75, 3.05) is 6.54 Å². The Morgan fingerprint density at radius 2 is 2.09 bits per heavy atom. The topological polar surface area (TPSA) is 124 Å². The molecule has 1 aromatic carbocycles. The highest BCUT2D eigenvalue weighted by Crippen LogP contribution is 2.29. The second-order valence-electron chi connectivity index (χ2n) is 7.89. The number of pyridine rings is 1. The van der Waals surface area contributed by atoms with E-state index in [1.807, 2.05) is 36.4 Å². The van der Waals surface area contributed by atoms with Crippen LogP contribution < -0.4 is 5.32 Å². The van der Waals surface area contributed by atoms with E-state index in [-0.39, 0.29) is 25.0 Å². The number of H-pyrrole nitrogens is 1. The maximum Gasteiger partial charge on any atom is 0.407 e. The summed E-state index contributed by atoms with van der Waals surface area (Å²) >= 11 is 1.35. The Morgan fingerprint density at radius 1 is 1.21 bits per heavy atom. The van der Waals surface area contributed by atoms with Crippen LogP contribution in [0.1, 0.15) is 45.0 Å². The average molecular weight is 463 g/mol. The van der Waals surface area contributed by atoms with Gasteiger partial charge >= 0.3 is 6.09 Å². The molecule has 0 spiro atoms. The van der Waals surface area contributed by atoms with Gasteiger partial charge in [0.15, 0.2) is 0 Å². The Labute approximate surface area is 193 Å². The number of benzene rings is 1. The van der Waals surface area contributed by atoms with Gasteiger partial charge in [-0.25, -0.2) is 14.8 Å². The van der Waals surface area contributed by atoms with E-state index in [1.165, 1.54) is 21.8 Å². The Hall–Kier alpha value is -3.79. The molecule has 9 nitrogen and oxygen atoms in total. The third-order valence-corrected chi connectivity index (χ3v) is 6.60. The minimum atomic E-state index is -1.03. The summed E-state index contributed by atoms with van der Waals surface area (Å²) < 4.78 is 0. The molecule has 0 fully saturated rings. The van der Waals surface area contributed by atoms with Gasteiger partial charge in [-0.05, 0) is 36.6 Å². The highest BCUT2D eigenvalue weighted by atomic mass is 32.1. The molecule has 0 saturated heterocycles. The first-order chi connectivity index (χ1) is 16.1. The number of aromatic amines is 1. The number of nitrogens with zero attached hydrogens (tertiary/aromatic N) is 4. The van der Waals surface area contributed by atoms with Crippen LogP contribution in [0, 0.1) is 0 Å². The molecule has 4 aromatic rings. The fourth-order valence-electron chi connectivity index (χ4n) is 4.05. The van der Waals surface area contributed by atoms with Crippen LogP contribution in [0.15, 0.2) is 48.0 Å². The molecular weight excluding hydrogens is 440 g/mol. The fourth-order valence-corrected chi connectivity index (χ4v) is 4.82. The molecular formula is C23H22N6O3S. The summed E-state index contributed by atoms with van der Waals surface area (Å²) in [5.41, 5.74) is 4.10. The summed E-state index contributed by atoms with van der Waals surface area (Å²) in [6.45, 7) is 0.400. The largest absolute Gasteiger partial charge is 0.465 e. The molecule has 3 N–H and O–H groups in total. The van der Waals surface area contributed by atoms with E-state index in [9.17, 15) is 14.7 Å². The SMILES string of the molecule is O=C(NC1CCc2cccnc21)c1csc(CCN(Cc2nc3ccccc3[nH]2)C(=O)O)n1. The van der Waals surface area contributed by atoms with Gasteiger partial charge in [0.05, 0.1) is 34.3 Å². The van der Waals surface area contributed by atoms with Crippen LogP contribution in [-0.4, -0.2) is 48.5 Å². The summed E-state index contributed by atoms with van der Waals surface area (Å²) in [6, 6.07) is 11.4. The third-order valence-electron chi connectivity index (χ3n) is 5.69. The van der Waals surface area contributed by atoms with Gasteiger partial charge < -0.3 is 20.3 Å². The smallest absolute Gasteiger partial charge is 0.407 e. The molecule has 2 amide bonds. The molecule has 1 aliphatic rings. The highest BCUT2D eigenvalue weighted by molar-refractivity contribution is 7.09. The number of aromatic nitrogens is 4. The number of para-hydroxylation sites is 2. The zero-order valence-corrected chi connectivity index (χ0v) is 18.5. The van der Waals surface area contributed by atoms with Crippen LogP contribution in [-0.2, 0) is 19.4 Å². The van der Waals surface area contributed by atoms with Crippen molar-refractivity contribution in [3.8, 4) is 0 Å². The number of hydrogen-bond donors (Lipinski definition) is 3. The molecule has 1 unspecified atom stereocenters. The van der Waals surface area contributed by atoms with Gasteiger partial charge in [-0.2, -0.15) is 0 Å². The molecule has 168 valence electrons. The van der Waals surface area contributed by atoms with E-state index in [1.54, 1.807) is 11.6 Å². The van der Waals surface area contributed by atoms with Gasteiger partial charge in [0, 0.05) is 24.5 Å². The number of carboxylic acid groups (broad SMARTS) is 1. The van der Waals surface area contributed by atoms with E-state index in [2.05, 4.69) is 25.3 Å². The average Bonchev–Trinajstić information content (AvgIpc) is 3.54. The van der Waals surface area contributed by atoms with Gasteiger partial charge in [-0.3, -0.25) is 9.78 Å². The molecule has 3 heterocycles. The summed E-state index contributed by atoms with van der Waals surface area (Å²) in [5.74, 6) is 0.349. The van der Waals surface area contributed by atoms with Crippen LogP contribution in [0.5, 0.6) is 0 Å². The van der Waals surface area contributed by atoms with Gasteiger partial charge in [0.2, 0.25) is 0 Å². The number of carbonyl (C=O) groups excluding carboxylic acids is 1. The van der Waals surface area contributed by atoms with E-state index >= 15 is 0 Å². The second-order valence-corrected chi connectivity index (χ2v) is 8.84. The first-order valence-corrected chi connectivity index (χ1v) is 11.6. The zero-order chi connectivity index (χ0) is 22.8. The van der Waals surface area contributed by atoms with E-state index in [4.69, 9.17) is 0 Å². The van der Waals surface area contributed by atoms with Gasteiger partial charge in [-0.15, -0.1) is 11.3 Å². The minimum Gasteiger partial charge on any atom is -0.465 e. The Balaban J connectivity index is 1.19. The number of imidazole rings is 1. The van der Waals surface area contributed by atoms with Crippen molar-refractivity contribution >= 4 is 34.4 Å². The lowest BCUT2D eigenvalue weighted by molar-refractivity contribution is 0.0931. The predicted molar refractivity (Wildman–Crippen MR) is 123 cm³/mol. The van der Waals surface area contributed by atoms with Gasteiger partial charge in [0.1, 0.15) is 11.5 Å². The fraction of sp³-hybridized carbons (Fsp3) is 0.261. The minimum absolute atomic E-state index is 0.106. The number of thiazole rings is 1. The van der Waals surface area contributed by atoms with Crippen LogP contribution in [0.25, 0.3) is 11.0 Å². The Morgan fingerprint density at radius 3 is 2.94 bits per heavy atom. The maximum absolute atomic E-state index is 12.7. The van der Waals surface area contributed by atoms with Crippen molar-refractivity contribution in [2.24, 2.45) is 0 Å². The summed E-state index contributed by atoms with van der Waals surface area (Å²) in [5, 5.41) is 15.1. The van der Waals surface area contributed by atoms with Crippen molar-refractivity contribution in [2.45, 2.75) is 31.8 Å². The normalized spacial score (nSPS) is 14.8. The third kappa shape index (κ3) is 4.56.